The van der Waals surface area contributed by atoms with E-state index in [0.717, 1.165) is 4.90 Å². The van der Waals surface area contributed by atoms with Gasteiger partial charge < -0.3 is 10.2 Å². The molecule has 1 aliphatic heterocycles. The highest BCUT2D eigenvalue weighted by molar-refractivity contribution is 5.98. The summed E-state index contributed by atoms with van der Waals surface area (Å²) in [5.74, 6) is -1.09. The minimum absolute atomic E-state index is 0.320. The van der Waals surface area contributed by atoms with Crippen LogP contribution < -0.4 is 5.32 Å². The molecule has 0 aromatic rings. The van der Waals surface area contributed by atoms with Gasteiger partial charge >= 0.3 is 6.18 Å². The van der Waals surface area contributed by atoms with Gasteiger partial charge in [-0.25, -0.2) is 0 Å². The zero-order valence-electron chi connectivity index (χ0n) is 9.14. The van der Waals surface area contributed by atoms with Gasteiger partial charge in [0.1, 0.15) is 12.1 Å². The number of rotatable bonds is 1. The van der Waals surface area contributed by atoms with Gasteiger partial charge in [-0.05, 0) is 12.8 Å². The molecule has 1 heterocycles. The lowest BCUT2D eigenvalue weighted by Crippen LogP contribution is -2.67. The normalized spacial score (nSPS) is 24.3. The molecule has 1 saturated carbocycles. The predicted molar refractivity (Wildman–Crippen MR) is 52.0 cm³/mol. The third-order valence-corrected chi connectivity index (χ3v) is 3.41. The van der Waals surface area contributed by atoms with Crippen LogP contribution in [0.2, 0.25) is 0 Å². The third kappa shape index (κ3) is 2.10. The first-order chi connectivity index (χ1) is 7.85. The minimum Gasteiger partial charge on any atom is -0.345 e. The second kappa shape index (κ2) is 3.89. The Hall–Kier alpha value is -1.27. The quantitative estimate of drug-likeness (QED) is 0.749. The Morgan fingerprint density at radius 2 is 1.82 bits per heavy atom. The number of piperazine rings is 1. The minimum atomic E-state index is -4.47. The summed E-state index contributed by atoms with van der Waals surface area (Å²) in [6.45, 7) is -1.67. The van der Waals surface area contributed by atoms with E-state index >= 15 is 0 Å². The van der Waals surface area contributed by atoms with E-state index in [4.69, 9.17) is 0 Å². The summed E-state index contributed by atoms with van der Waals surface area (Å²) < 4.78 is 37.4. The number of hydrogen-bond donors (Lipinski definition) is 1. The molecule has 2 rings (SSSR count). The van der Waals surface area contributed by atoms with Crippen LogP contribution in [-0.2, 0) is 9.59 Å². The molecular formula is C10H13F3N2O2. The molecule has 7 heteroatoms. The number of carbonyl (C=O) groups excluding carboxylic acids is 2. The molecular weight excluding hydrogens is 237 g/mol. The highest BCUT2D eigenvalue weighted by Crippen LogP contribution is 2.38. The van der Waals surface area contributed by atoms with Gasteiger partial charge in [0.2, 0.25) is 11.8 Å². The van der Waals surface area contributed by atoms with Crippen molar-refractivity contribution < 1.29 is 22.8 Å². The lowest BCUT2D eigenvalue weighted by atomic mass is 9.91. The van der Waals surface area contributed by atoms with Crippen molar-refractivity contribution in [1.29, 1.82) is 0 Å². The van der Waals surface area contributed by atoms with E-state index in [9.17, 15) is 22.8 Å². The first-order valence-corrected chi connectivity index (χ1v) is 5.51. The summed E-state index contributed by atoms with van der Waals surface area (Å²) in [5.41, 5.74) is -1.26. The van der Waals surface area contributed by atoms with Gasteiger partial charge in [0.05, 0.1) is 6.54 Å². The van der Waals surface area contributed by atoms with Gasteiger partial charge in [-0.15, -0.1) is 0 Å². The maximum absolute atomic E-state index is 12.5. The van der Waals surface area contributed by atoms with E-state index in [1.54, 1.807) is 0 Å². The van der Waals surface area contributed by atoms with Crippen molar-refractivity contribution in [1.82, 2.24) is 10.2 Å². The van der Waals surface area contributed by atoms with E-state index in [1.165, 1.54) is 0 Å². The number of amides is 2. The van der Waals surface area contributed by atoms with E-state index in [0.29, 0.717) is 25.7 Å². The molecule has 1 saturated heterocycles. The van der Waals surface area contributed by atoms with Crippen molar-refractivity contribution in [3.63, 3.8) is 0 Å². The highest BCUT2D eigenvalue weighted by Gasteiger charge is 2.53. The van der Waals surface area contributed by atoms with Gasteiger partial charge in [-0.1, -0.05) is 12.8 Å². The standard InChI is InChI=1S/C10H13F3N2O2/c11-10(12,13)6-15-7(16)5-14-8(17)9(15)3-1-2-4-9/h1-6H2,(H,14,17). The molecule has 96 valence electrons. The predicted octanol–water partition coefficient (Wildman–Crippen LogP) is 0.820. The summed E-state index contributed by atoms with van der Waals surface area (Å²) in [7, 11) is 0. The molecule has 2 aliphatic rings. The number of hydrogen-bond acceptors (Lipinski definition) is 2. The number of nitrogens with zero attached hydrogens (tertiary/aromatic N) is 1. The number of carbonyl (C=O) groups is 2. The van der Waals surface area contributed by atoms with Crippen molar-refractivity contribution in [2.24, 2.45) is 0 Å². The highest BCUT2D eigenvalue weighted by atomic mass is 19.4. The lowest BCUT2D eigenvalue weighted by Gasteiger charge is -2.43. The number of nitrogens with one attached hydrogen (secondary N) is 1. The summed E-state index contributed by atoms with van der Waals surface area (Å²) in [4.78, 5) is 24.1. The first kappa shape index (κ1) is 12.2. The molecule has 17 heavy (non-hydrogen) atoms. The van der Waals surface area contributed by atoms with Crippen molar-refractivity contribution in [2.45, 2.75) is 37.4 Å². The molecule has 1 aliphatic carbocycles. The second-order valence-corrected chi connectivity index (χ2v) is 4.52. The Balaban J connectivity index is 2.29. The molecule has 2 fully saturated rings. The fourth-order valence-electron chi connectivity index (χ4n) is 2.65. The molecule has 0 bridgehead atoms. The van der Waals surface area contributed by atoms with Crippen molar-refractivity contribution in [2.75, 3.05) is 13.1 Å². The van der Waals surface area contributed by atoms with Gasteiger partial charge in [0.15, 0.2) is 0 Å². The Kier molecular flexibility index (Phi) is 2.79. The van der Waals surface area contributed by atoms with Crippen LogP contribution in [0.1, 0.15) is 25.7 Å². The number of halogens is 3. The maximum Gasteiger partial charge on any atom is 0.406 e. The Labute approximate surface area is 96.1 Å². The van der Waals surface area contributed by atoms with Crippen LogP contribution >= 0.6 is 0 Å². The van der Waals surface area contributed by atoms with E-state index in [-0.39, 0.29) is 6.54 Å². The van der Waals surface area contributed by atoms with Crippen molar-refractivity contribution in [3.8, 4) is 0 Å². The smallest absolute Gasteiger partial charge is 0.345 e. The van der Waals surface area contributed by atoms with Crippen molar-refractivity contribution in [3.05, 3.63) is 0 Å². The second-order valence-electron chi connectivity index (χ2n) is 4.52. The van der Waals surface area contributed by atoms with Crippen LogP contribution in [0.15, 0.2) is 0 Å². The summed E-state index contributed by atoms with van der Waals surface area (Å²) in [6, 6.07) is 0. The van der Waals surface area contributed by atoms with E-state index in [1.807, 2.05) is 0 Å². The number of alkyl halides is 3. The average Bonchev–Trinajstić information content (AvgIpc) is 2.68. The van der Waals surface area contributed by atoms with Gasteiger partial charge in [0, 0.05) is 0 Å². The average molecular weight is 250 g/mol. The molecule has 0 aromatic heterocycles. The summed E-state index contributed by atoms with van der Waals surface area (Å²) in [5, 5.41) is 2.38. The van der Waals surface area contributed by atoms with Crippen LogP contribution in [0.5, 0.6) is 0 Å². The largest absolute Gasteiger partial charge is 0.406 e. The van der Waals surface area contributed by atoms with Gasteiger partial charge in [0.25, 0.3) is 0 Å². The van der Waals surface area contributed by atoms with Crippen LogP contribution in [0.3, 0.4) is 0 Å². The first-order valence-electron chi connectivity index (χ1n) is 5.51. The molecule has 2 amide bonds. The maximum atomic E-state index is 12.5. The Morgan fingerprint density at radius 1 is 1.24 bits per heavy atom. The van der Waals surface area contributed by atoms with Crippen LogP contribution in [0.4, 0.5) is 13.2 Å². The molecule has 0 aromatic carbocycles. The fourth-order valence-corrected chi connectivity index (χ4v) is 2.65. The summed E-state index contributed by atoms with van der Waals surface area (Å²) in [6.07, 6.45) is -2.48. The molecule has 0 unspecified atom stereocenters. The van der Waals surface area contributed by atoms with E-state index < -0.39 is 30.1 Å². The van der Waals surface area contributed by atoms with Crippen LogP contribution in [0.25, 0.3) is 0 Å². The van der Waals surface area contributed by atoms with Crippen molar-refractivity contribution >= 4 is 11.8 Å². The Morgan fingerprint density at radius 3 is 2.35 bits per heavy atom. The molecule has 1 spiro atoms. The molecule has 0 atom stereocenters. The summed E-state index contributed by atoms with van der Waals surface area (Å²) >= 11 is 0. The molecule has 1 N–H and O–H groups in total. The zero-order valence-corrected chi connectivity index (χ0v) is 9.14. The monoisotopic (exact) mass is 250 g/mol. The fraction of sp³-hybridized carbons (Fsp3) is 0.800. The van der Waals surface area contributed by atoms with Crippen LogP contribution in [-0.4, -0.2) is 41.5 Å². The topological polar surface area (TPSA) is 49.4 Å². The molecule has 0 radical (unpaired) electrons. The lowest BCUT2D eigenvalue weighted by molar-refractivity contribution is -0.180. The Bertz CT molecular complexity index is 348. The van der Waals surface area contributed by atoms with Gasteiger partial charge in [-0.2, -0.15) is 13.2 Å². The zero-order chi connectivity index (χ0) is 12.7. The molecule has 4 nitrogen and oxygen atoms in total. The van der Waals surface area contributed by atoms with E-state index in [2.05, 4.69) is 5.32 Å². The SMILES string of the molecule is O=C1CNC(=O)C2(CCCC2)N1CC(F)(F)F. The van der Waals surface area contributed by atoms with Crippen LogP contribution in [0, 0.1) is 0 Å². The third-order valence-electron chi connectivity index (χ3n) is 3.41. The van der Waals surface area contributed by atoms with Gasteiger partial charge in [-0.3, -0.25) is 9.59 Å².